The highest BCUT2D eigenvalue weighted by Gasteiger charge is 2.32. The SMILES string of the molecule is Cc1nn(-c2ccc3nncn3n2)c2c1[C@@H](c1ccc(Br)cc1)CC(=O)N2. The third-order valence-corrected chi connectivity index (χ3v) is 5.27. The summed E-state index contributed by atoms with van der Waals surface area (Å²) in [7, 11) is 0. The first-order valence-corrected chi connectivity index (χ1v) is 9.22. The highest BCUT2D eigenvalue weighted by Crippen LogP contribution is 2.40. The number of anilines is 1. The van der Waals surface area contributed by atoms with Crippen LogP contribution in [0.3, 0.4) is 0 Å². The predicted molar refractivity (Wildman–Crippen MR) is 102 cm³/mol. The summed E-state index contributed by atoms with van der Waals surface area (Å²) in [6.45, 7) is 1.95. The van der Waals surface area contributed by atoms with Crippen molar-refractivity contribution in [2.75, 3.05) is 5.32 Å². The van der Waals surface area contributed by atoms with E-state index in [9.17, 15) is 4.79 Å². The van der Waals surface area contributed by atoms with Crippen molar-refractivity contribution in [3.63, 3.8) is 0 Å². The number of nitrogens with zero attached hydrogens (tertiary/aromatic N) is 6. The molecule has 1 amide bonds. The number of aryl methyl sites for hydroxylation is 1. The van der Waals surface area contributed by atoms with Crippen LogP contribution in [0.25, 0.3) is 11.5 Å². The summed E-state index contributed by atoms with van der Waals surface area (Å²) in [5, 5.41) is 19.9. The molecule has 0 aliphatic carbocycles. The minimum atomic E-state index is -0.0470. The van der Waals surface area contributed by atoms with Crippen LogP contribution in [0.1, 0.15) is 29.2 Å². The van der Waals surface area contributed by atoms with Crippen LogP contribution in [0.4, 0.5) is 5.82 Å². The molecule has 1 atom stereocenters. The molecule has 9 heteroatoms. The maximum absolute atomic E-state index is 12.4. The molecule has 0 unspecified atom stereocenters. The molecule has 4 heterocycles. The average Bonchev–Trinajstić information content (AvgIpc) is 3.25. The van der Waals surface area contributed by atoms with E-state index >= 15 is 0 Å². The Morgan fingerprint density at radius 3 is 2.78 bits per heavy atom. The molecule has 0 radical (unpaired) electrons. The number of benzene rings is 1. The lowest BCUT2D eigenvalue weighted by Gasteiger charge is -2.24. The number of rotatable bonds is 2. The second-order valence-corrected chi connectivity index (χ2v) is 7.36. The van der Waals surface area contributed by atoms with Gasteiger partial charge >= 0.3 is 0 Å². The molecule has 4 aromatic rings. The van der Waals surface area contributed by atoms with Gasteiger partial charge in [0, 0.05) is 22.4 Å². The van der Waals surface area contributed by atoms with E-state index in [-0.39, 0.29) is 11.8 Å². The molecule has 1 aromatic carbocycles. The van der Waals surface area contributed by atoms with Crippen LogP contribution in [-0.2, 0) is 4.79 Å². The zero-order valence-corrected chi connectivity index (χ0v) is 15.9. The Morgan fingerprint density at radius 1 is 1.15 bits per heavy atom. The molecule has 3 aromatic heterocycles. The summed E-state index contributed by atoms with van der Waals surface area (Å²) in [5.74, 6) is 1.16. The van der Waals surface area contributed by atoms with Crippen molar-refractivity contribution in [1.82, 2.24) is 29.6 Å². The van der Waals surface area contributed by atoms with Crippen LogP contribution < -0.4 is 5.32 Å². The first-order valence-electron chi connectivity index (χ1n) is 8.42. The lowest BCUT2D eigenvalue weighted by Crippen LogP contribution is -2.25. The van der Waals surface area contributed by atoms with E-state index in [0.29, 0.717) is 23.7 Å². The number of aromatic nitrogens is 6. The van der Waals surface area contributed by atoms with Gasteiger partial charge < -0.3 is 5.32 Å². The molecule has 0 saturated heterocycles. The Labute approximate surface area is 162 Å². The van der Waals surface area contributed by atoms with Crippen LogP contribution in [0.15, 0.2) is 47.2 Å². The van der Waals surface area contributed by atoms with Crippen LogP contribution in [0, 0.1) is 6.92 Å². The molecule has 1 aliphatic heterocycles. The summed E-state index contributed by atoms with van der Waals surface area (Å²) >= 11 is 3.46. The van der Waals surface area contributed by atoms with Gasteiger partial charge in [-0.1, -0.05) is 28.1 Å². The minimum Gasteiger partial charge on any atom is -0.310 e. The lowest BCUT2D eigenvalue weighted by atomic mass is 9.86. The second kappa shape index (κ2) is 5.98. The number of halogens is 1. The van der Waals surface area contributed by atoms with Gasteiger partial charge in [-0.25, -0.2) is 0 Å². The third kappa shape index (κ3) is 2.62. The third-order valence-electron chi connectivity index (χ3n) is 4.74. The molecule has 0 bridgehead atoms. The smallest absolute Gasteiger partial charge is 0.226 e. The maximum Gasteiger partial charge on any atom is 0.226 e. The Balaban J connectivity index is 1.67. The summed E-state index contributed by atoms with van der Waals surface area (Å²) < 4.78 is 4.26. The fourth-order valence-corrected chi connectivity index (χ4v) is 3.79. The van der Waals surface area contributed by atoms with Gasteiger partial charge in [0.2, 0.25) is 5.91 Å². The molecule has 8 nitrogen and oxygen atoms in total. The first kappa shape index (κ1) is 16.1. The Kier molecular flexibility index (Phi) is 3.57. The maximum atomic E-state index is 12.4. The molecule has 27 heavy (non-hydrogen) atoms. The van der Waals surface area contributed by atoms with E-state index in [1.165, 1.54) is 6.33 Å². The van der Waals surface area contributed by atoms with Gasteiger partial charge in [0.15, 0.2) is 11.5 Å². The Morgan fingerprint density at radius 2 is 1.96 bits per heavy atom. The normalized spacial score (nSPS) is 16.4. The molecular weight excluding hydrogens is 410 g/mol. The van der Waals surface area contributed by atoms with Crippen molar-refractivity contribution in [3.8, 4) is 5.82 Å². The van der Waals surface area contributed by atoms with Crippen molar-refractivity contribution in [2.24, 2.45) is 0 Å². The number of amides is 1. The fraction of sp³-hybridized carbons (Fsp3) is 0.167. The van der Waals surface area contributed by atoms with Gasteiger partial charge in [-0.2, -0.15) is 14.3 Å². The van der Waals surface area contributed by atoms with Crippen LogP contribution in [0.5, 0.6) is 0 Å². The van der Waals surface area contributed by atoms with Gasteiger partial charge in [0.1, 0.15) is 12.1 Å². The van der Waals surface area contributed by atoms with E-state index in [2.05, 4.69) is 41.6 Å². The zero-order valence-electron chi connectivity index (χ0n) is 14.3. The monoisotopic (exact) mass is 423 g/mol. The zero-order chi connectivity index (χ0) is 18.5. The second-order valence-electron chi connectivity index (χ2n) is 6.44. The first-order chi connectivity index (χ1) is 13.1. The Hall–Kier alpha value is -3.07. The summed E-state index contributed by atoms with van der Waals surface area (Å²) in [5.41, 5.74) is 3.61. The van der Waals surface area contributed by atoms with Crippen molar-refractivity contribution >= 4 is 33.3 Å². The number of nitrogens with one attached hydrogen (secondary N) is 1. The largest absolute Gasteiger partial charge is 0.310 e. The van der Waals surface area contributed by atoms with Crippen molar-refractivity contribution in [1.29, 1.82) is 0 Å². The molecule has 0 spiro atoms. The summed E-state index contributed by atoms with van der Waals surface area (Å²) in [6, 6.07) is 11.7. The van der Waals surface area contributed by atoms with Crippen molar-refractivity contribution < 1.29 is 4.79 Å². The predicted octanol–water partition coefficient (Wildman–Crippen LogP) is 2.86. The van der Waals surface area contributed by atoms with Gasteiger partial charge in [-0.05, 0) is 36.8 Å². The molecule has 0 saturated carbocycles. The van der Waals surface area contributed by atoms with E-state index in [1.54, 1.807) is 9.20 Å². The van der Waals surface area contributed by atoms with E-state index < -0.39 is 0 Å². The lowest BCUT2D eigenvalue weighted by molar-refractivity contribution is -0.116. The average molecular weight is 424 g/mol. The topological polar surface area (TPSA) is 90.0 Å². The van der Waals surface area contributed by atoms with Gasteiger partial charge in [-0.15, -0.1) is 15.3 Å². The quantitative estimate of drug-likeness (QED) is 0.535. The standard InChI is InChI=1S/C18H14BrN7O/c1-10-17-13(11-2-4-12(19)5-3-11)8-16(27)21-18(17)26(23-10)15-7-6-14-22-20-9-25(14)24-15/h2-7,9,13H,8H2,1H3,(H,21,27)/t13-/m1/s1. The van der Waals surface area contributed by atoms with Crippen LogP contribution >= 0.6 is 15.9 Å². The van der Waals surface area contributed by atoms with E-state index in [1.807, 2.05) is 43.3 Å². The highest BCUT2D eigenvalue weighted by atomic mass is 79.9. The van der Waals surface area contributed by atoms with Gasteiger partial charge in [-0.3, -0.25) is 4.79 Å². The van der Waals surface area contributed by atoms with E-state index in [4.69, 9.17) is 0 Å². The molecule has 1 aliphatic rings. The van der Waals surface area contributed by atoms with Gasteiger partial charge in [0.25, 0.3) is 0 Å². The minimum absolute atomic E-state index is 0.0399. The highest BCUT2D eigenvalue weighted by molar-refractivity contribution is 9.10. The number of hydrogen-bond acceptors (Lipinski definition) is 5. The molecule has 0 fully saturated rings. The number of fused-ring (bicyclic) bond motifs is 2. The number of carbonyl (C=O) groups excluding carboxylic acids is 1. The van der Waals surface area contributed by atoms with Crippen molar-refractivity contribution in [2.45, 2.75) is 19.3 Å². The molecule has 5 rings (SSSR count). The number of carbonyl (C=O) groups is 1. The molecular formula is C18H14BrN7O. The Bertz CT molecular complexity index is 1180. The van der Waals surface area contributed by atoms with Crippen molar-refractivity contribution in [3.05, 3.63) is 64.0 Å². The summed E-state index contributed by atoms with van der Waals surface area (Å²) in [6.07, 6.45) is 1.92. The number of hydrogen-bond donors (Lipinski definition) is 1. The fourth-order valence-electron chi connectivity index (χ4n) is 3.52. The van der Waals surface area contributed by atoms with Crippen LogP contribution in [0.2, 0.25) is 0 Å². The van der Waals surface area contributed by atoms with Gasteiger partial charge in [0.05, 0.1) is 5.69 Å². The summed E-state index contributed by atoms with van der Waals surface area (Å²) in [4.78, 5) is 12.4. The van der Waals surface area contributed by atoms with E-state index in [0.717, 1.165) is 21.3 Å². The molecule has 134 valence electrons. The molecule has 1 N–H and O–H groups in total. The van der Waals surface area contributed by atoms with Crippen LogP contribution in [-0.4, -0.2) is 35.5 Å².